The lowest BCUT2D eigenvalue weighted by molar-refractivity contribution is 0.261. The van der Waals surface area contributed by atoms with E-state index in [1.165, 1.54) is 32.4 Å². The third kappa shape index (κ3) is 3.51. The number of pyridine rings is 1. The molecule has 1 fully saturated rings. The summed E-state index contributed by atoms with van der Waals surface area (Å²) in [5, 5.41) is 0. The van der Waals surface area contributed by atoms with Crippen LogP contribution >= 0.6 is 0 Å². The van der Waals surface area contributed by atoms with Gasteiger partial charge in [0.05, 0.1) is 5.69 Å². The molecule has 0 aromatic carbocycles. The van der Waals surface area contributed by atoms with Gasteiger partial charge in [0.1, 0.15) is 0 Å². The van der Waals surface area contributed by atoms with Crippen molar-refractivity contribution < 1.29 is 0 Å². The van der Waals surface area contributed by atoms with Gasteiger partial charge in [-0.25, -0.2) is 0 Å². The summed E-state index contributed by atoms with van der Waals surface area (Å²) in [4.78, 5) is 7.14. The Morgan fingerprint density at radius 3 is 2.75 bits per heavy atom. The molecule has 0 amide bonds. The number of nitrogens with zero attached hydrogens (tertiary/aromatic N) is 2. The van der Waals surface area contributed by atoms with Gasteiger partial charge in [0.2, 0.25) is 0 Å². The fourth-order valence-electron chi connectivity index (χ4n) is 3.17. The SMILES string of the molecule is Cc1cnc(CN2CCCC(C(C)C)CC2)c(C)c1N. The number of hydrogen-bond donors (Lipinski definition) is 1. The van der Waals surface area contributed by atoms with Crippen molar-refractivity contribution in [3.8, 4) is 0 Å². The van der Waals surface area contributed by atoms with Gasteiger partial charge in [-0.1, -0.05) is 13.8 Å². The largest absolute Gasteiger partial charge is 0.398 e. The van der Waals surface area contributed by atoms with Gasteiger partial charge in [-0.15, -0.1) is 0 Å². The molecule has 2 rings (SSSR count). The van der Waals surface area contributed by atoms with Crippen LogP contribution in [0.2, 0.25) is 0 Å². The maximum Gasteiger partial charge on any atom is 0.0593 e. The normalized spacial score (nSPS) is 21.1. The van der Waals surface area contributed by atoms with E-state index in [0.717, 1.165) is 40.9 Å². The van der Waals surface area contributed by atoms with Crippen LogP contribution in [0.4, 0.5) is 5.69 Å². The van der Waals surface area contributed by atoms with Crippen LogP contribution < -0.4 is 5.73 Å². The molecule has 0 aliphatic carbocycles. The Labute approximate surface area is 123 Å². The van der Waals surface area contributed by atoms with Gasteiger partial charge in [-0.3, -0.25) is 9.88 Å². The molecule has 1 aliphatic heterocycles. The Balaban J connectivity index is 2.02. The van der Waals surface area contributed by atoms with E-state index in [4.69, 9.17) is 5.73 Å². The fraction of sp³-hybridized carbons (Fsp3) is 0.706. The zero-order valence-electron chi connectivity index (χ0n) is 13.4. The molecule has 1 unspecified atom stereocenters. The Morgan fingerprint density at radius 1 is 1.30 bits per heavy atom. The fourth-order valence-corrected chi connectivity index (χ4v) is 3.17. The molecule has 2 heterocycles. The molecule has 1 aromatic heterocycles. The predicted octanol–water partition coefficient (Wildman–Crippen LogP) is 3.54. The van der Waals surface area contributed by atoms with Crippen molar-refractivity contribution in [2.45, 2.75) is 53.5 Å². The van der Waals surface area contributed by atoms with E-state index >= 15 is 0 Å². The van der Waals surface area contributed by atoms with Gasteiger partial charge in [-0.2, -0.15) is 0 Å². The van der Waals surface area contributed by atoms with Crippen molar-refractivity contribution in [2.24, 2.45) is 11.8 Å². The van der Waals surface area contributed by atoms with Gasteiger partial charge >= 0.3 is 0 Å². The van der Waals surface area contributed by atoms with Crippen molar-refractivity contribution in [3.05, 3.63) is 23.0 Å². The van der Waals surface area contributed by atoms with E-state index in [9.17, 15) is 0 Å². The first-order valence-corrected chi connectivity index (χ1v) is 7.92. The molecule has 1 saturated heterocycles. The average Bonchev–Trinajstić information content (AvgIpc) is 2.65. The summed E-state index contributed by atoms with van der Waals surface area (Å²) >= 11 is 0. The number of anilines is 1. The average molecular weight is 275 g/mol. The molecule has 1 aliphatic rings. The topological polar surface area (TPSA) is 42.2 Å². The van der Waals surface area contributed by atoms with Crippen LogP contribution in [-0.2, 0) is 6.54 Å². The van der Waals surface area contributed by atoms with Crippen molar-refractivity contribution in [2.75, 3.05) is 18.8 Å². The quantitative estimate of drug-likeness (QED) is 0.917. The highest BCUT2D eigenvalue weighted by molar-refractivity contribution is 5.53. The van der Waals surface area contributed by atoms with Crippen LogP contribution in [0.1, 0.15) is 49.9 Å². The van der Waals surface area contributed by atoms with Crippen LogP contribution in [-0.4, -0.2) is 23.0 Å². The first kappa shape index (κ1) is 15.3. The van der Waals surface area contributed by atoms with E-state index in [1.54, 1.807) is 0 Å². The number of likely N-dealkylation sites (tertiary alicyclic amines) is 1. The van der Waals surface area contributed by atoms with E-state index in [-0.39, 0.29) is 0 Å². The lowest BCUT2D eigenvalue weighted by Crippen LogP contribution is -2.25. The second-order valence-corrected chi connectivity index (χ2v) is 6.64. The maximum atomic E-state index is 6.12. The molecule has 0 radical (unpaired) electrons. The molecule has 112 valence electrons. The van der Waals surface area contributed by atoms with Crippen LogP contribution in [0.25, 0.3) is 0 Å². The monoisotopic (exact) mass is 275 g/mol. The highest BCUT2D eigenvalue weighted by atomic mass is 15.1. The summed E-state index contributed by atoms with van der Waals surface area (Å²) < 4.78 is 0. The Hall–Kier alpha value is -1.09. The lowest BCUT2D eigenvalue weighted by atomic mass is 9.89. The summed E-state index contributed by atoms with van der Waals surface area (Å²) in [6.07, 6.45) is 5.91. The second-order valence-electron chi connectivity index (χ2n) is 6.64. The minimum absolute atomic E-state index is 0.810. The minimum atomic E-state index is 0.810. The Bertz CT molecular complexity index is 454. The van der Waals surface area contributed by atoms with Crippen molar-refractivity contribution in [3.63, 3.8) is 0 Å². The zero-order valence-corrected chi connectivity index (χ0v) is 13.4. The predicted molar refractivity (Wildman–Crippen MR) is 85.6 cm³/mol. The molecule has 3 nitrogen and oxygen atoms in total. The Morgan fingerprint density at radius 2 is 2.05 bits per heavy atom. The summed E-state index contributed by atoms with van der Waals surface area (Å²) in [7, 11) is 0. The van der Waals surface area contributed by atoms with Crippen molar-refractivity contribution in [1.82, 2.24) is 9.88 Å². The number of aromatic nitrogens is 1. The molecule has 2 N–H and O–H groups in total. The number of nitrogens with two attached hydrogens (primary N) is 1. The summed E-state index contributed by atoms with van der Waals surface area (Å²) in [5.74, 6) is 1.70. The van der Waals surface area contributed by atoms with Gasteiger partial charge in [-0.05, 0) is 69.2 Å². The molecule has 0 bridgehead atoms. The standard InChI is InChI=1S/C17H29N3/c1-12(2)15-6-5-8-20(9-7-15)11-16-14(4)17(18)13(3)10-19-16/h10,12,15H,5-9,11H2,1-4H3,(H2,18,19). The van der Waals surface area contributed by atoms with E-state index in [1.807, 2.05) is 13.1 Å². The van der Waals surface area contributed by atoms with Crippen LogP contribution in [0.3, 0.4) is 0 Å². The third-order valence-electron chi connectivity index (χ3n) is 4.86. The van der Waals surface area contributed by atoms with E-state index in [2.05, 4.69) is 30.7 Å². The number of rotatable bonds is 3. The smallest absolute Gasteiger partial charge is 0.0593 e. The van der Waals surface area contributed by atoms with Gasteiger partial charge in [0, 0.05) is 18.4 Å². The number of nitrogen functional groups attached to an aromatic ring is 1. The molecular formula is C17H29N3. The maximum absolute atomic E-state index is 6.12. The minimum Gasteiger partial charge on any atom is -0.398 e. The molecule has 1 atom stereocenters. The van der Waals surface area contributed by atoms with Crippen LogP contribution in [0, 0.1) is 25.7 Å². The number of aryl methyl sites for hydroxylation is 1. The highest BCUT2D eigenvalue weighted by Gasteiger charge is 2.20. The zero-order chi connectivity index (χ0) is 14.7. The molecule has 0 spiro atoms. The lowest BCUT2D eigenvalue weighted by Gasteiger charge is -2.22. The van der Waals surface area contributed by atoms with Gasteiger partial charge in [0.25, 0.3) is 0 Å². The Kier molecular flexibility index (Phi) is 5.03. The molecule has 20 heavy (non-hydrogen) atoms. The molecular weight excluding hydrogens is 246 g/mol. The van der Waals surface area contributed by atoms with Gasteiger partial charge < -0.3 is 5.73 Å². The molecule has 0 saturated carbocycles. The first-order chi connectivity index (χ1) is 9.49. The summed E-state index contributed by atoms with van der Waals surface area (Å²) in [6, 6.07) is 0. The van der Waals surface area contributed by atoms with Crippen molar-refractivity contribution >= 4 is 5.69 Å². The van der Waals surface area contributed by atoms with Crippen LogP contribution in [0.15, 0.2) is 6.20 Å². The second kappa shape index (κ2) is 6.57. The van der Waals surface area contributed by atoms with Crippen molar-refractivity contribution in [1.29, 1.82) is 0 Å². The molecule has 1 aromatic rings. The third-order valence-corrected chi connectivity index (χ3v) is 4.86. The molecule has 3 heteroatoms. The van der Waals surface area contributed by atoms with E-state index in [0.29, 0.717) is 0 Å². The van der Waals surface area contributed by atoms with Gasteiger partial charge in [0.15, 0.2) is 0 Å². The number of hydrogen-bond acceptors (Lipinski definition) is 3. The van der Waals surface area contributed by atoms with Crippen LogP contribution in [0.5, 0.6) is 0 Å². The summed E-state index contributed by atoms with van der Waals surface area (Å²) in [6.45, 7) is 12.2. The highest BCUT2D eigenvalue weighted by Crippen LogP contribution is 2.26. The first-order valence-electron chi connectivity index (χ1n) is 7.92. The summed E-state index contributed by atoms with van der Waals surface area (Å²) in [5.41, 5.74) is 10.4. The van der Waals surface area contributed by atoms with E-state index < -0.39 is 0 Å².